The number of fused-ring (bicyclic) bond motifs is 1. The fraction of sp³-hybridized carbons (Fsp3) is 0.444. The average molecular weight is 384 g/mol. The van der Waals surface area contributed by atoms with Crippen LogP contribution in [-0.2, 0) is 16.1 Å². The van der Waals surface area contributed by atoms with E-state index in [9.17, 15) is 22.8 Å². The van der Waals surface area contributed by atoms with Crippen LogP contribution in [0.15, 0.2) is 29.1 Å². The van der Waals surface area contributed by atoms with Crippen molar-refractivity contribution >= 4 is 16.8 Å². The lowest BCUT2D eigenvalue weighted by atomic mass is 10.1. The van der Waals surface area contributed by atoms with Gasteiger partial charge in [-0.3, -0.25) is 9.59 Å². The summed E-state index contributed by atoms with van der Waals surface area (Å²) < 4.78 is 49.4. The van der Waals surface area contributed by atoms with Gasteiger partial charge in [-0.15, -0.1) is 0 Å². The molecule has 27 heavy (non-hydrogen) atoms. The predicted molar refractivity (Wildman–Crippen MR) is 91.6 cm³/mol. The second kappa shape index (κ2) is 7.59. The Bertz CT molecular complexity index is 888. The fourth-order valence-corrected chi connectivity index (χ4v) is 3.11. The van der Waals surface area contributed by atoms with Crippen LogP contribution < -0.4 is 10.3 Å². The number of hydrogen-bond donors (Lipinski definition) is 1. The van der Waals surface area contributed by atoms with E-state index >= 15 is 0 Å². The summed E-state index contributed by atoms with van der Waals surface area (Å²) in [5.41, 5.74) is 0.0160. The molecule has 6 nitrogen and oxygen atoms in total. The molecule has 1 aliphatic rings. The number of aromatic amines is 1. The van der Waals surface area contributed by atoms with Gasteiger partial charge in [0.15, 0.2) is 0 Å². The Morgan fingerprint density at radius 3 is 2.78 bits per heavy atom. The summed E-state index contributed by atoms with van der Waals surface area (Å²) in [5, 5.41) is 0.627. The Labute approximate surface area is 152 Å². The van der Waals surface area contributed by atoms with Crippen molar-refractivity contribution in [1.82, 2.24) is 9.88 Å². The molecular weight excluding hydrogens is 365 g/mol. The average Bonchev–Trinajstić information content (AvgIpc) is 3.13. The number of benzene rings is 1. The molecule has 1 fully saturated rings. The van der Waals surface area contributed by atoms with Crippen LogP contribution in [0.4, 0.5) is 13.2 Å². The number of carbonyl (C=O) groups excluding carboxylic acids is 1. The summed E-state index contributed by atoms with van der Waals surface area (Å²) >= 11 is 0. The molecular formula is C18H19F3N2O4. The zero-order valence-corrected chi connectivity index (χ0v) is 14.6. The number of methoxy groups -OCH3 is 1. The minimum atomic E-state index is -5.02. The van der Waals surface area contributed by atoms with Gasteiger partial charge in [-0.1, -0.05) is 0 Å². The number of amides is 1. The third kappa shape index (κ3) is 4.41. The van der Waals surface area contributed by atoms with Gasteiger partial charge in [-0.05, 0) is 36.4 Å². The minimum absolute atomic E-state index is 0.0725. The lowest BCUT2D eigenvalue weighted by molar-refractivity contribution is -0.187. The van der Waals surface area contributed by atoms with Crippen molar-refractivity contribution in [3.63, 3.8) is 0 Å². The van der Waals surface area contributed by atoms with E-state index in [-0.39, 0.29) is 12.1 Å². The molecule has 0 spiro atoms. The molecule has 1 saturated heterocycles. The number of rotatable bonds is 5. The van der Waals surface area contributed by atoms with E-state index in [4.69, 9.17) is 9.47 Å². The Balaban J connectivity index is 1.90. The van der Waals surface area contributed by atoms with Crippen molar-refractivity contribution in [3.8, 4) is 5.75 Å². The summed E-state index contributed by atoms with van der Waals surface area (Å²) in [7, 11) is 1.49. The van der Waals surface area contributed by atoms with Gasteiger partial charge in [-0.25, -0.2) is 0 Å². The fourth-order valence-electron chi connectivity index (χ4n) is 3.11. The van der Waals surface area contributed by atoms with Crippen molar-refractivity contribution in [2.75, 3.05) is 20.3 Å². The SMILES string of the molecule is COc1ccc2cc(CN(C[C@@H]3CCCO3)C(=O)C(F)(F)F)c(=O)[nH]c2c1. The van der Waals surface area contributed by atoms with E-state index in [1.807, 2.05) is 0 Å². The van der Waals surface area contributed by atoms with E-state index in [1.165, 1.54) is 13.2 Å². The van der Waals surface area contributed by atoms with E-state index in [1.54, 1.807) is 18.2 Å². The highest BCUT2D eigenvalue weighted by Gasteiger charge is 2.43. The van der Waals surface area contributed by atoms with Crippen molar-refractivity contribution < 1.29 is 27.4 Å². The number of pyridine rings is 1. The number of halogens is 3. The Hall–Kier alpha value is -2.55. The van der Waals surface area contributed by atoms with Crippen molar-refractivity contribution in [1.29, 1.82) is 0 Å². The van der Waals surface area contributed by atoms with Gasteiger partial charge in [0.25, 0.3) is 5.56 Å². The largest absolute Gasteiger partial charge is 0.497 e. The van der Waals surface area contributed by atoms with E-state index in [2.05, 4.69) is 4.98 Å². The highest BCUT2D eigenvalue weighted by Crippen LogP contribution is 2.23. The molecule has 1 aliphatic heterocycles. The topological polar surface area (TPSA) is 71.6 Å². The molecule has 1 amide bonds. The van der Waals surface area contributed by atoms with Crippen LogP contribution in [0.25, 0.3) is 10.9 Å². The molecule has 1 N–H and O–H groups in total. The molecule has 1 aromatic carbocycles. The Kier molecular flexibility index (Phi) is 5.41. The quantitative estimate of drug-likeness (QED) is 0.860. The highest BCUT2D eigenvalue weighted by atomic mass is 19.4. The number of alkyl halides is 3. The number of H-pyrrole nitrogens is 1. The Morgan fingerprint density at radius 2 is 2.15 bits per heavy atom. The summed E-state index contributed by atoms with van der Waals surface area (Å²) in [6.07, 6.45) is -4.16. The predicted octanol–water partition coefficient (Wildman–Crippen LogP) is 2.61. The molecule has 0 radical (unpaired) electrons. The molecule has 2 heterocycles. The van der Waals surface area contributed by atoms with Crippen LogP contribution in [0.1, 0.15) is 18.4 Å². The molecule has 0 bridgehead atoms. The molecule has 2 aromatic rings. The van der Waals surface area contributed by atoms with Gasteiger partial charge < -0.3 is 19.4 Å². The molecule has 1 atom stereocenters. The maximum atomic E-state index is 13.0. The zero-order valence-electron chi connectivity index (χ0n) is 14.6. The van der Waals surface area contributed by atoms with E-state index in [0.29, 0.717) is 34.6 Å². The lowest BCUT2D eigenvalue weighted by Crippen LogP contribution is -2.45. The first-order valence-corrected chi connectivity index (χ1v) is 8.45. The first-order valence-electron chi connectivity index (χ1n) is 8.45. The van der Waals surface area contributed by atoms with Crippen LogP contribution in [0.3, 0.4) is 0 Å². The number of hydrogen-bond acceptors (Lipinski definition) is 4. The summed E-state index contributed by atoms with van der Waals surface area (Å²) in [6, 6.07) is 6.46. The van der Waals surface area contributed by atoms with Gasteiger partial charge in [0.05, 0.1) is 25.3 Å². The van der Waals surface area contributed by atoms with E-state index in [0.717, 1.165) is 6.42 Å². The molecule has 9 heteroatoms. The van der Waals surface area contributed by atoms with E-state index < -0.39 is 30.3 Å². The minimum Gasteiger partial charge on any atom is -0.497 e. The number of aromatic nitrogens is 1. The standard InChI is InChI=1S/C18H19F3N2O4/c1-26-13-5-4-11-7-12(16(24)22-15(11)8-13)9-23(17(25)18(19,20)21)10-14-3-2-6-27-14/h4-5,7-8,14H,2-3,6,9-10H2,1H3,(H,22,24)/t14-/m0/s1. The van der Waals surface area contributed by atoms with Crippen LogP contribution in [0.2, 0.25) is 0 Å². The summed E-state index contributed by atoms with van der Waals surface area (Å²) in [5.74, 6) is -1.44. The van der Waals surface area contributed by atoms with Crippen molar-refractivity contribution in [3.05, 3.63) is 40.2 Å². The Morgan fingerprint density at radius 1 is 1.37 bits per heavy atom. The summed E-state index contributed by atoms with van der Waals surface area (Å²) in [6.45, 7) is -0.203. The van der Waals surface area contributed by atoms with Crippen LogP contribution in [-0.4, -0.2) is 48.3 Å². The van der Waals surface area contributed by atoms with Gasteiger partial charge >= 0.3 is 12.1 Å². The number of nitrogens with one attached hydrogen (secondary N) is 1. The van der Waals surface area contributed by atoms with Crippen LogP contribution in [0, 0.1) is 0 Å². The smallest absolute Gasteiger partial charge is 0.471 e. The van der Waals surface area contributed by atoms with Crippen molar-refractivity contribution in [2.24, 2.45) is 0 Å². The normalized spacial score (nSPS) is 17.3. The maximum absolute atomic E-state index is 13.0. The zero-order chi connectivity index (χ0) is 19.6. The lowest BCUT2D eigenvalue weighted by Gasteiger charge is -2.26. The van der Waals surface area contributed by atoms with Gasteiger partial charge in [-0.2, -0.15) is 13.2 Å². The molecule has 3 rings (SSSR count). The van der Waals surface area contributed by atoms with Gasteiger partial charge in [0.1, 0.15) is 5.75 Å². The van der Waals surface area contributed by atoms with Crippen molar-refractivity contribution in [2.45, 2.75) is 31.7 Å². The first kappa shape index (κ1) is 19.2. The molecule has 1 aromatic heterocycles. The number of ether oxygens (including phenoxy) is 2. The van der Waals surface area contributed by atoms with Gasteiger partial charge in [0, 0.05) is 24.8 Å². The molecule has 0 saturated carbocycles. The summed E-state index contributed by atoms with van der Waals surface area (Å²) in [4.78, 5) is 27.4. The highest BCUT2D eigenvalue weighted by molar-refractivity contribution is 5.83. The third-order valence-corrected chi connectivity index (χ3v) is 4.47. The molecule has 0 aliphatic carbocycles. The second-order valence-corrected chi connectivity index (χ2v) is 6.40. The monoisotopic (exact) mass is 384 g/mol. The molecule has 146 valence electrons. The van der Waals surface area contributed by atoms with Crippen LogP contribution >= 0.6 is 0 Å². The second-order valence-electron chi connectivity index (χ2n) is 6.40. The number of carbonyl (C=O) groups is 1. The third-order valence-electron chi connectivity index (χ3n) is 4.47. The first-order chi connectivity index (χ1) is 12.8. The number of nitrogens with zero attached hydrogens (tertiary/aromatic N) is 1. The molecule has 0 unspecified atom stereocenters. The maximum Gasteiger partial charge on any atom is 0.471 e. The van der Waals surface area contributed by atoms with Gasteiger partial charge in [0.2, 0.25) is 0 Å². The van der Waals surface area contributed by atoms with Crippen LogP contribution in [0.5, 0.6) is 5.75 Å².